The molecule has 0 saturated carbocycles. The first-order valence-electron chi connectivity index (χ1n) is 7.51. The van der Waals surface area contributed by atoms with E-state index in [1.54, 1.807) is 6.07 Å². The van der Waals surface area contributed by atoms with Crippen molar-refractivity contribution in [2.24, 2.45) is 0 Å². The van der Waals surface area contributed by atoms with E-state index in [-0.39, 0.29) is 5.91 Å². The van der Waals surface area contributed by atoms with Crippen LogP contribution < -0.4 is 11.1 Å². The van der Waals surface area contributed by atoms with Crippen LogP contribution in [0, 0.1) is 13.8 Å². The highest BCUT2D eigenvalue weighted by molar-refractivity contribution is 5.92. The molecule has 0 aliphatic carbocycles. The van der Waals surface area contributed by atoms with Gasteiger partial charge in [0.25, 0.3) is 0 Å². The van der Waals surface area contributed by atoms with Crippen LogP contribution in [0.4, 0.5) is 5.69 Å². The quantitative estimate of drug-likeness (QED) is 0.776. The molecule has 0 unspecified atom stereocenters. The largest absolute Gasteiger partial charge is 0.417 e. The van der Waals surface area contributed by atoms with Crippen LogP contribution in [0.3, 0.4) is 0 Å². The molecule has 118 valence electrons. The van der Waals surface area contributed by atoms with Gasteiger partial charge >= 0.3 is 5.76 Å². The molecule has 23 heavy (non-hydrogen) atoms. The third-order valence-corrected chi connectivity index (χ3v) is 3.87. The molecule has 0 aliphatic rings. The normalized spacial score (nSPS) is 10.9. The molecule has 0 saturated heterocycles. The second kappa shape index (κ2) is 6.12. The Bertz CT molecular complexity index is 901. The molecule has 1 aromatic heterocycles. The van der Waals surface area contributed by atoms with Crippen molar-refractivity contribution in [3.05, 3.63) is 63.6 Å². The van der Waals surface area contributed by atoms with E-state index in [0.717, 1.165) is 22.4 Å². The van der Waals surface area contributed by atoms with E-state index in [1.807, 2.05) is 44.2 Å². The summed E-state index contributed by atoms with van der Waals surface area (Å²) < 4.78 is 4.96. The van der Waals surface area contributed by atoms with Gasteiger partial charge in [-0.3, -0.25) is 9.78 Å². The van der Waals surface area contributed by atoms with Gasteiger partial charge in [0, 0.05) is 12.1 Å². The Hall–Kier alpha value is -2.82. The number of oxazole rings is 1. The van der Waals surface area contributed by atoms with Crippen LogP contribution in [0.5, 0.6) is 0 Å². The average molecular weight is 310 g/mol. The molecule has 5 heteroatoms. The fraction of sp³-hybridized carbons (Fsp3) is 0.222. The summed E-state index contributed by atoms with van der Waals surface area (Å²) in [6.45, 7) is 3.96. The number of aromatic nitrogens is 1. The molecule has 2 N–H and O–H groups in total. The molecule has 1 heterocycles. The number of aryl methyl sites for hydroxylation is 3. The Labute approximate surface area is 133 Å². The van der Waals surface area contributed by atoms with Gasteiger partial charge in [0.15, 0.2) is 5.58 Å². The van der Waals surface area contributed by atoms with Crippen molar-refractivity contribution in [2.75, 3.05) is 5.32 Å². The number of rotatable bonds is 4. The first kappa shape index (κ1) is 15.1. The number of carbonyl (C=O) groups excluding carboxylic acids is 1. The second-order valence-electron chi connectivity index (χ2n) is 5.66. The van der Waals surface area contributed by atoms with Gasteiger partial charge in [-0.2, -0.15) is 0 Å². The van der Waals surface area contributed by atoms with Crippen LogP contribution >= 0.6 is 0 Å². The minimum absolute atomic E-state index is 0.0248. The summed E-state index contributed by atoms with van der Waals surface area (Å²) >= 11 is 0. The molecule has 0 atom stereocenters. The van der Waals surface area contributed by atoms with E-state index in [4.69, 9.17) is 4.42 Å². The van der Waals surface area contributed by atoms with Gasteiger partial charge in [-0.15, -0.1) is 0 Å². The second-order valence-corrected chi connectivity index (χ2v) is 5.66. The highest BCUT2D eigenvalue weighted by atomic mass is 16.4. The van der Waals surface area contributed by atoms with Gasteiger partial charge < -0.3 is 9.73 Å². The lowest BCUT2D eigenvalue weighted by Gasteiger charge is -2.11. The van der Waals surface area contributed by atoms with E-state index < -0.39 is 5.76 Å². The molecule has 3 aromatic rings. The summed E-state index contributed by atoms with van der Waals surface area (Å²) in [6.07, 6.45) is 0.973. The number of carbonyl (C=O) groups is 1. The van der Waals surface area contributed by atoms with Crippen molar-refractivity contribution in [1.82, 2.24) is 4.98 Å². The Morgan fingerprint density at radius 3 is 2.65 bits per heavy atom. The summed E-state index contributed by atoms with van der Waals surface area (Å²) in [7, 11) is 0. The minimum Gasteiger partial charge on any atom is -0.408 e. The summed E-state index contributed by atoms with van der Waals surface area (Å²) in [6, 6.07) is 11.4. The van der Waals surface area contributed by atoms with Crippen LogP contribution in [0.25, 0.3) is 11.1 Å². The molecule has 0 spiro atoms. The molecule has 2 aromatic carbocycles. The van der Waals surface area contributed by atoms with Crippen LogP contribution in [0.1, 0.15) is 23.1 Å². The molecule has 0 bridgehead atoms. The average Bonchev–Trinajstić information content (AvgIpc) is 2.88. The third-order valence-electron chi connectivity index (χ3n) is 3.87. The standard InChI is InChI=1S/C18H18N2O3/c1-11-4-3-5-12(2)17(11)20-16(21)9-7-13-6-8-15-14(10-13)19-18(22)23-15/h3-6,8,10H,7,9H2,1-2H3,(H,19,22)(H,20,21). The molecular weight excluding hydrogens is 292 g/mol. The van der Waals surface area contributed by atoms with Crippen LogP contribution in [-0.4, -0.2) is 10.9 Å². The lowest BCUT2D eigenvalue weighted by atomic mass is 10.1. The molecule has 0 radical (unpaired) electrons. The lowest BCUT2D eigenvalue weighted by Crippen LogP contribution is -2.14. The van der Waals surface area contributed by atoms with Gasteiger partial charge in [0.05, 0.1) is 5.52 Å². The maximum atomic E-state index is 12.2. The summed E-state index contributed by atoms with van der Waals surface area (Å²) in [4.78, 5) is 25.9. The fourth-order valence-electron chi connectivity index (χ4n) is 2.63. The first-order chi connectivity index (χ1) is 11.0. The number of hydrogen-bond donors (Lipinski definition) is 2. The highest BCUT2D eigenvalue weighted by Crippen LogP contribution is 2.20. The number of H-pyrrole nitrogens is 1. The zero-order valence-corrected chi connectivity index (χ0v) is 13.1. The molecule has 3 rings (SSSR count). The van der Waals surface area contributed by atoms with Crippen molar-refractivity contribution in [2.45, 2.75) is 26.7 Å². The van der Waals surface area contributed by atoms with Crippen molar-refractivity contribution < 1.29 is 9.21 Å². The van der Waals surface area contributed by atoms with Crippen LogP contribution in [0.15, 0.2) is 45.6 Å². The minimum atomic E-state index is -0.468. The Kier molecular flexibility index (Phi) is 4.02. The lowest BCUT2D eigenvalue weighted by molar-refractivity contribution is -0.116. The van der Waals surface area contributed by atoms with E-state index in [0.29, 0.717) is 23.9 Å². The van der Waals surface area contributed by atoms with Crippen molar-refractivity contribution in [1.29, 1.82) is 0 Å². The predicted molar refractivity (Wildman–Crippen MR) is 89.7 cm³/mol. The zero-order valence-electron chi connectivity index (χ0n) is 13.1. The number of para-hydroxylation sites is 1. The number of nitrogens with one attached hydrogen (secondary N) is 2. The molecule has 0 fully saturated rings. The SMILES string of the molecule is Cc1cccc(C)c1NC(=O)CCc1ccc2oc(=O)[nH]c2c1. The number of anilines is 1. The molecule has 5 nitrogen and oxygen atoms in total. The van der Waals surface area contributed by atoms with E-state index in [1.165, 1.54) is 0 Å². The summed E-state index contributed by atoms with van der Waals surface area (Å²) in [5.41, 5.74) is 5.14. The Balaban J connectivity index is 1.67. The number of benzene rings is 2. The van der Waals surface area contributed by atoms with Crippen molar-refractivity contribution >= 4 is 22.7 Å². The van der Waals surface area contributed by atoms with Crippen molar-refractivity contribution in [3.63, 3.8) is 0 Å². The molecule has 0 aliphatic heterocycles. The highest BCUT2D eigenvalue weighted by Gasteiger charge is 2.08. The van der Waals surface area contributed by atoms with Crippen molar-refractivity contribution in [3.8, 4) is 0 Å². The van der Waals surface area contributed by atoms with Gasteiger partial charge in [0.1, 0.15) is 0 Å². The maximum Gasteiger partial charge on any atom is 0.417 e. The predicted octanol–water partition coefficient (Wildman–Crippen LogP) is 3.31. The third kappa shape index (κ3) is 3.34. The molecular formula is C18H18N2O3. The Morgan fingerprint density at radius 2 is 1.91 bits per heavy atom. The fourth-order valence-corrected chi connectivity index (χ4v) is 2.63. The van der Waals surface area contributed by atoms with Crippen LogP contribution in [0.2, 0.25) is 0 Å². The van der Waals surface area contributed by atoms with Gasteiger partial charge in [-0.05, 0) is 49.1 Å². The van der Waals surface area contributed by atoms with E-state index >= 15 is 0 Å². The monoisotopic (exact) mass is 310 g/mol. The zero-order chi connectivity index (χ0) is 16.4. The first-order valence-corrected chi connectivity index (χ1v) is 7.51. The van der Waals surface area contributed by atoms with E-state index in [2.05, 4.69) is 10.3 Å². The molecule has 1 amide bonds. The van der Waals surface area contributed by atoms with Gasteiger partial charge in [-0.1, -0.05) is 24.3 Å². The smallest absolute Gasteiger partial charge is 0.408 e. The number of amides is 1. The number of aromatic amines is 1. The summed E-state index contributed by atoms with van der Waals surface area (Å²) in [5.74, 6) is -0.492. The van der Waals surface area contributed by atoms with E-state index in [9.17, 15) is 9.59 Å². The number of hydrogen-bond acceptors (Lipinski definition) is 3. The topological polar surface area (TPSA) is 75.1 Å². The summed E-state index contributed by atoms with van der Waals surface area (Å²) in [5, 5.41) is 2.97. The van der Waals surface area contributed by atoms with Gasteiger partial charge in [0.2, 0.25) is 5.91 Å². The maximum absolute atomic E-state index is 12.2. The Morgan fingerprint density at radius 1 is 1.17 bits per heavy atom. The van der Waals surface area contributed by atoms with Gasteiger partial charge in [-0.25, -0.2) is 4.79 Å². The van der Waals surface area contributed by atoms with Crippen LogP contribution in [-0.2, 0) is 11.2 Å². The number of fused-ring (bicyclic) bond motifs is 1.